The molecule has 1 aromatic heterocycles. The molecule has 0 atom stereocenters. The van der Waals surface area contributed by atoms with Gasteiger partial charge in [0.15, 0.2) is 0 Å². The SMILES string of the molecule is COC(=O)c1c(CN(C)CC(=O)Nc2c(C)cccc2C)nc2ccccc2c1C. The van der Waals surface area contributed by atoms with E-state index >= 15 is 0 Å². The molecule has 0 fully saturated rings. The quantitative estimate of drug-likeness (QED) is 0.627. The van der Waals surface area contributed by atoms with E-state index < -0.39 is 5.97 Å². The van der Waals surface area contributed by atoms with E-state index in [4.69, 9.17) is 9.72 Å². The molecule has 0 aliphatic heterocycles. The molecule has 0 aliphatic carbocycles. The number of fused-ring (bicyclic) bond motifs is 1. The van der Waals surface area contributed by atoms with Gasteiger partial charge in [-0.3, -0.25) is 14.7 Å². The molecule has 3 rings (SSSR count). The number of pyridine rings is 1. The van der Waals surface area contributed by atoms with Crippen LogP contribution in [0, 0.1) is 20.8 Å². The van der Waals surface area contributed by atoms with Crippen LogP contribution in [0.5, 0.6) is 0 Å². The Balaban J connectivity index is 1.83. The number of hydrogen-bond acceptors (Lipinski definition) is 5. The maximum atomic E-state index is 12.6. The molecule has 1 heterocycles. The van der Waals surface area contributed by atoms with Gasteiger partial charge in [0.1, 0.15) is 0 Å². The van der Waals surface area contributed by atoms with Gasteiger partial charge in [0.2, 0.25) is 5.91 Å². The molecule has 0 aliphatic rings. The highest BCUT2D eigenvalue weighted by Gasteiger charge is 2.21. The molecule has 1 N–H and O–H groups in total. The van der Waals surface area contributed by atoms with Crippen LogP contribution in [0.3, 0.4) is 0 Å². The van der Waals surface area contributed by atoms with Gasteiger partial charge in [0, 0.05) is 17.6 Å². The van der Waals surface area contributed by atoms with Gasteiger partial charge < -0.3 is 10.1 Å². The lowest BCUT2D eigenvalue weighted by Gasteiger charge is -2.20. The summed E-state index contributed by atoms with van der Waals surface area (Å²) in [7, 11) is 3.19. The summed E-state index contributed by atoms with van der Waals surface area (Å²) in [6.45, 7) is 6.35. The summed E-state index contributed by atoms with van der Waals surface area (Å²) in [5.41, 5.74) is 5.57. The minimum absolute atomic E-state index is 0.118. The number of aryl methyl sites for hydroxylation is 3. The Bertz CT molecular complexity index is 1090. The van der Waals surface area contributed by atoms with Crippen molar-refractivity contribution in [3.05, 3.63) is 70.4 Å². The van der Waals surface area contributed by atoms with E-state index in [1.165, 1.54) is 7.11 Å². The number of hydrogen-bond donors (Lipinski definition) is 1. The minimum Gasteiger partial charge on any atom is -0.465 e. The number of amides is 1. The molecular weight excluding hydrogens is 378 g/mol. The highest BCUT2D eigenvalue weighted by Crippen LogP contribution is 2.24. The van der Waals surface area contributed by atoms with Crippen molar-refractivity contribution in [2.45, 2.75) is 27.3 Å². The first-order valence-electron chi connectivity index (χ1n) is 9.83. The smallest absolute Gasteiger partial charge is 0.340 e. The van der Waals surface area contributed by atoms with Crippen LogP contribution in [0.15, 0.2) is 42.5 Å². The van der Waals surface area contributed by atoms with Crippen LogP contribution < -0.4 is 5.32 Å². The molecule has 0 bridgehead atoms. The summed E-state index contributed by atoms with van der Waals surface area (Å²) >= 11 is 0. The van der Waals surface area contributed by atoms with Crippen molar-refractivity contribution in [1.82, 2.24) is 9.88 Å². The number of likely N-dealkylation sites (N-methyl/N-ethyl adjacent to an activating group) is 1. The first-order chi connectivity index (χ1) is 14.3. The second kappa shape index (κ2) is 9.05. The summed E-state index contributed by atoms with van der Waals surface area (Å²) in [6, 6.07) is 13.6. The first kappa shape index (κ1) is 21.5. The Kier molecular flexibility index (Phi) is 6.47. The summed E-state index contributed by atoms with van der Waals surface area (Å²) in [5.74, 6) is -0.541. The third kappa shape index (κ3) is 4.49. The Morgan fingerprint density at radius 2 is 1.70 bits per heavy atom. The first-order valence-corrected chi connectivity index (χ1v) is 9.83. The van der Waals surface area contributed by atoms with Gasteiger partial charge in [-0.2, -0.15) is 0 Å². The number of methoxy groups -OCH3 is 1. The largest absolute Gasteiger partial charge is 0.465 e. The summed E-state index contributed by atoms with van der Waals surface area (Å²) in [4.78, 5) is 31.6. The molecule has 2 aromatic carbocycles. The van der Waals surface area contributed by atoms with Crippen molar-refractivity contribution in [2.24, 2.45) is 0 Å². The second-order valence-corrected chi connectivity index (χ2v) is 7.55. The Morgan fingerprint density at radius 1 is 1.03 bits per heavy atom. The molecule has 0 saturated heterocycles. The molecule has 0 spiro atoms. The number of benzene rings is 2. The number of carbonyl (C=O) groups is 2. The van der Waals surface area contributed by atoms with Gasteiger partial charge in [0.25, 0.3) is 0 Å². The van der Waals surface area contributed by atoms with Gasteiger partial charge in [0.05, 0.1) is 30.4 Å². The van der Waals surface area contributed by atoms with Gasteiger partial charge >= 0.3 is 5.97 Å². The monoisotopic (exact) mass is 405 g/mol. The number of nitrogens with zero attached hydrogens (tertiary/aromatic N) is 2. The maximum Gasteiger partial charge on any atom is 0.340 e. The fraction of sp³-hybridized carbons (Fsp3) is 0.292. The topological polar surface area (TPSA) is 71.5 Å². The molecule has 6 nitrogen and oxygen atoms in total. The fourth-order valence-corrected chi connectivity index (χ4v) is 3.68. The van der Waals surface area contributed by atoms with E-state index in [-0.39, 0.29) is 12.5 Å². The fourth-order valence-electron chi connectivity index (χ4n) is 3.68. The van der Waals surface area contributed by atoms with E-state index in [9.17, 15) is 9.59 Å². The molecule has 0 radical (unpaired) electrons. The van der Waals surface area contributed by atoms with Crippen LogP contribution in [0.25, 0.3) is 10.9 Å². The minimum atomic E-state index is -0.422. The zero-order valence-corrected chi connectivity index (χ0v) is 18.1. The number of rotatable bonds is 6. The molecule has 6 heteroatoms. The normalized spacial score (nSPS) is 11.0. The van der Waals surface area contributed by atoms with Crippen molar-refractivity contribution in [3.63, 3.8) is 0 Å². The van der Waals surface area contributed by atoms with Crippen molar-refractivity contribution >= 4 is 28.5 Å². The second-order valence-electron chi connectivity index (χ2n) is 7.55. The zero-order chi connectivity index (χ0) is 21.8. The zero-order valence-electron chi connectivity index (χ0n) is 18.1. The number of esters is 1. The van der Waals surface area contributed by atoms with E-state index in [0.29, 0.717) is 17.8 Å². The van der Waals surface area contributed by atoms with Crippen molar-refractivity contribution < 1.29 is 14.3 Å². The lowest BCUT2D eigenvalue weighted by atomic mass is 10.0. The summed E-state index contributed by atoms with van der Waals surface area (Å²) in [6.07, 6.45) is 0. The van der Waals surface area contributed by atoms with Gasteiger partial charge in [-0.05, 0) is 50.6 Å². The van der Waals surface area contributed by atoms with Crippen molar-refractivity contribution in [2.75, 3.05) is 26.0 Å². The highest BCUT2D eigenvalue weighted by molar-refractivity contribution is 5.98. The van der Waals surface area contributed by atoms with Gasteiger partial charge in [-0.25, -0.2) is 4.79 Å². The molecule has 156 valence electrons. The number of carbonyl (C=O) groups excluding carboxylic acids is 2. The molecule has 3 aromatic rings. The summed E-state index contributed by atoms with van der Waals surface area (Å²) < 4.78 is 5.00. The average molecular weight is 405 g/mol. The standard InChI is InChI=1S/C24H27N3O3/c1-15-9-8-10-16(2)23(15)26-21(28)14-27(4)13-20-22(24(29)30-5)17(3)18-11-6-7-12-19(18)25-20/h6-12H,13-14H2,1-5H3,(H,26,28). The predicted octanol–water partition coefficient (Wildman–Crippen LogP) is 4.02. The average Bonchev–Trinajstić information content (AvgIpc) is 2.70. The third-order valence-electron chi connectivity index (χ3n) is 5.20. The van der Waals surface area contributed by atoms with Gasteiger partial charge in [-0.1, -0.05) is 36.4 Å². The molecular formula is C24H27N3O3. The van der Waals surface area contributed by atoms with Crippen LogP contribution in [0.4, 0.5) is 5.69 Å². The Labute approximate surface area is 176 Å². The van der Waals surface area contributed by atoms with Crippen LogP contribution in [0.1, 0.15) is 32.7 Å². The predicted molar refractivity (Wildman–Crippen MR) is 119 cm³/mol. The number of ether oxygens (including phenoxy) is 1. The van der Waals surface area contributed by atoms with E-state index in [2.05, 4.69) is 5.32 Å². The lowest BCUT2D eigenvalue weighted by molar-refractivity contribution is -0.117. The Hall–Kier alpha value is -3.25. The van der Waals surface area contributed by atoms with Crippen molar-refractivity contribution in [3.8, 4) is 0 Å². The van der Waals surface area contributed by atoms with E-state index in [0.717, 1.165) is 33.3 Å². The summed E-state index contributed by atoms with van der Waals surface area (Å²) in [5, 5.41) is 3.91. The molecule has 30 heavy (non-hydrogen) atoms. The third-order valence-corrected chi connectivity index (χ3v) is 5.20. The molecule has 0 saturated carbocycles. The number of aromatic nitrogens is 1. The van der Waals surface area contributed by atoms with Crippen LogP contribution in [-0.2, 0) is 16.1 Å². The van der Waals surface area contributed by atoms with Gasteiger partial charge in [-0.15, -0.1) is 0 Å². The molecule has 0 unspecified atom stereocenters. The lowest BCUT2D eigenvalue weighted by Crippen LogP contribution is -2.31. The highest BCUT2D eigenvalue weighted by atomic mass is 16.5. The van der Waals surface area contributed by atoms with E-state index in [1.807, 2.05) is 75.2 Å². The number of nitrogens with one attached hydrogen (secondary N) is 1. The van der Waals surface area contributed by atoms with Crippen molar-refractivity contribution in [1.29, 1.82) is 0 Å². The van der Waals surface area contributed by atoms with Crippen LogP contribution in [0.2, 0.25) is 0 Å². The van der Waals surface area contributed by atoms with E-state index in [1.54, 1.807) is 0 Å². The van der Waals surface area contributed by atoms with Crippen LogP contribution >= 0.6 is 0 Å². The molecule has 1 amide bonds. The van der Waals surface area contributed by atoms with Crippen LogP contribution in [-0.4, -0.2) is 42.5 Å². The maximum absolute atomic E-state index is 12.6. The Morgan fingerprint density at radius 3 is 2.37 bits per heavy atom. The number of para-hydroxylation sites is 2. The number of anilines is 1.